The van der Waals surface area contributed by atoms with Crippen molar-refractivity contribution in [3.05, 3.63) is 40.7 Å². The van der Waals surface area contributed by atoms with Gasteiger partial charge in [-0.2, -0.15) is 0 Å². The van der Waals surface area contributed by atoms with Crippen LogP contribution in [0.5, 0.6) is 5.75 Å². The second kappa shape index (κ2) is 9.82. The molecule has 1 fully saturated rings. The van der Waals surface area contributed by atoms with Crippen LogP contribution in [-0.2, 0) is 4.43 Å². The van der Waals surface area contributed by atoms with Gasteiger partial charge in [-0.15, -0.1) is 0 Å². The zero-order chi connectivity index (χ0) is 25.5. The number of hydrogen-bond donors (Lipinski definition) is 1. The highest BCUT2D eigenvalue weighted by molar-refractivity contribution is 6.74. The highest BCUT2D eigenvalue weighted by Gasteiger charge is 2.37. The smallest absolute Gasteiger partial charge is 0.192 e. The topological polar surface area (TPSA) is 80.9 Å². The maximum absolute atomic E-state index is 10.9. The minimum Gasteiger partial charge on any atom is -0.494 e. The molecule has 0 aromatic carbocycles. The Kier molecular flexibility index (Phi) is 7.32. The Morgan fingerprint density at radius 1 is 1.23 bits per heavy atom. The second-order valence-electron chi connectivity index (χ2n) is 10.9. The minimum atomic E-state index is -1.84. The molecule has 3 heterocycles. The Labute approximate surface area is 213 Å². The average molecular weight is 518 g/mol. The zero-order valence-corrected chi connectivity index (χ0v) is 23.4. The minimum absolute atomic E-state index is 0.146. The quantitative estimate of drug-likeness (QED) is 0.260. The van der Waals surface area contributed by atoms with Crippen molar-refractivity contribution < 1.29 is 18.7 Å². The van der Waals surface area contributed by atoms with Gasteiger partial charge in [0.15, 0.2) is 19.7 Å². The van der Waals surface area contributed by atoms with Gasteiger partial charge in [0.05, 0.1) is 12.1 Å². The molecule has 0 aliphatic heterocycles. The third-order valence-electron chi connectivity index (χ3n) is 7.28. The molecule has 7 nitrogen and oxygen atoms in total. The Morgan fingerprint density at radius 2 is 1.94 bits per heavy atom. The van der Waals surface area contributed by atoms with E-state index in [-0.39, 0.29) is 5.04 Å². The molecule has 0 bridgehead atoms. The lowest BCUT2D eigenvalue weighted by Crippen LogP contribution is -2.42. The number of furan rings is 1. The van der Waals surface area contributed by atoms with Crippen molar-refractivity contribution in [2.24, 2.45) is 0 Å². The number of likely N-dealkylation sites (N-methyl/N-ethyl adjacent to an activating group) is 1. The van der Waals surface area contributed by atoms with E-state index in [1.807, 2.05) is 24.2 Å². The molecular formula is C26H36ClN3O4Si. The van der Waals surface area contributed by atoms with Gasteiger partial charge in [0, 0.05) is 37.2 Å². The van der Waals surface area contributed by atoms with E-state index in [4.69, 9.17) is 25.2 Å². The normalized spacial score (nSPS) is 15.7. The van der Waals surface area contributed by atoms with Crippen molar-refractivity contribution >= 4 is 31.0 Å². The number of fused-ring (bicyclic) bond motifs is 1. The van der Waals surface area contributed by atoms with E-state index in [9.17, 15) is 5.11 Å². The molecule has 4 rings (SSSR count). The van der Waals surface area contributed by atoms with Gasteiger partial charge in [-0.3, -0.25) is 9.88 Å². The van der Waals surface area contributed by atoms with Crippen LogP contribution in [0.4, 0.5) is 0 Å². The van der Waals surface area contributed by atoms with Crippen molar-refractivity contribution in [2.45, 2.75) is 63.9 Å². The molecule has 1 aliphatic rings. The fourth-order valence-electron chi connectivity index (χ4n) is 3.74. The van der Waals surface area contributed by atoms with Crippen LogP contribution >= 0.6 is 11.6 Å². The second-order valence-corrected chi connectivity index (χ2v) is 16.1. The van der Waals surface area contributed by atoms with Crippen LogP contribution in [-0.4, -0.2) is 55.6 Å². The Balaban J connectivity index is 1.50. The molecule has 1 N–H and O–H groups in total. The summed E-state index contributed by atoms with van der Waals surface area (Å²) in [6, 6.07) is 3.61. The maximum Gasteiger partial charge on any atom is 0.192 e. The molecule has 0 saturated heterocycles. The number of ether oxygens (including phenoxy) is 1. The molecule has 0 radical (unpaired) electrons. The SMILES string of the molecule is COc1cc(C(O)N(C)CCO[Si](C)(C)C(C)(C)C)cnc1-c1cc2ncc(C3CC3)c(Cl)c2o1. The van der Waals surface area contributed by atoms with E-state index in [1.54, 1.807) is 19.4 Å². The van der Waals surface area contributed by atoms with Crippen molar-refractivity contribution in [1.29, 1.82) is 0 Å². The number of halogens is 1. The van der Waals surface area contributed by atoms with E-state index < -0.39 is 14.5 Å². The number of aliphatic hydroxyl groups excluding tert-OH is 1. The summed E-state index contributed by atoms with van der Waals surface area (Å²) in [5.74, 6) is 1.51. The summed E-state index contributed by atoms with van der Waals surface area (Å²) in [4.78, 5) is 10.9. The number of methoxy groups -OCH3 is 1. The van der Waals surface area contributed by atoms with Crippen LogP contribution in [0.3, 0.4) is 0 Å². The van der Waals surface area contributed by atoms with Gasteiger partial charge in [-0.25, -0.2) is 4.98 Å². The molecule has 0 amide bonds. The lowest BCUT2D eigenvalue weighted by atomic mass is 10.1. The van der Waals surface area contributed by atoms with Crippen LogP contribution in [0, 0.1) is 0 Å². The molecule has 35 heavy (non-hydrogen) atoms. The number of hydrogen-bond acceptors (Lipinski definition) is 7. The van der Waals surface area contributed by atoms with Gasteiger partial charge >= 0.3 is 0 Å². The summed E-state index contributed by atoms with van der Waals surface area (Å²) in [6.07, 6.45) is 4.91. The highest BCUT2D eigenvalue weighted by atomic mass is 35.5. The summed E-state index contributed by atoms with van der Waals surface area (Å²) >= 11 is 6.62. The first-order valence-corrected chi connectivity index (χ1v) is 15.4. The summed E-state index contributed by atoms with van der Waals surface area (Å²) in [5.41, 5.74) is 3.46. The molecule has 190 valence electrons. The van der Waals surface area contributed by atoms with E-state index >= 15 is 0 Å². The number of rotatable bonds is 9. The van der Waals surface area contributed by atoms with E-state index in [0.29, 0.717) is 58.0 Å². The molecule has 1 atom stereocenters. The largest absolute Gasteiger partial charge is 0.494 e. The number of aromatic nitrogens is 2. The zero-order valence-electron chi connectivity index (χ0n) is 21.7. The molecule has 0 spiro atoms. The predicted molar refractivity (Wildman–Crippen MR) is 142 cm³/mol. The van der Waals surface area contributed by atoms with Crippen LogP contribution < -0.4 is 4.74 Å². The lowest BCUT2D eigenvalue weighted by Gasteiger charge is -2.37. The van der Waals surface area contributed by atoms with Gasteiger partial charge in [-0.1, -0.05) is 32.4 Å². The summed E-state index contributed by atoms with van der Waals surface area (Å²) < 4.78 is 17.9. The fraction of sp³-hybridized carbons (Fsp3) is 0.538. The van der Waals surface area contributed by atoms with E-state index in [2.05, 4.69) is 43.8 Å². The molecule has 3 aromatic heterocycles. The third-order valence-corrected chi connectivity index (χ3v) is 12.2. The first-order chi connectivity index (χ1) is 16.4. The van der Waals surface area contributed by atoms with Crippen LogP contribution in [0.1, 0.15) is 56.9 Å². The molecule has 1 unspecified atom stereocenters. The van der Waals surface area contributed by atoms with Crippen molar-refractivity contribution in [2.75, 3.05) is 27.3 Å². The Hall–Kier alpha value is -1.97. The van der Waals surface area contributed by atoms with Crippen molar-refractivity contribution in [3.8, 4) is 17.2 Å². The van der Waals surface area contributed by atoms with Gasteiger partial charge in [0.25, 0.3) is 0 Å². The number of pyridine rings is 2. The molecule has 9 heteroatoms. The first kappa shape index (κ1) is 26.1. The molecule has 1 aliphatic carbocycles. The number of nitrogens with zero attached hydrogens (tertiary/aromatic N) is 3. The summed E-state index contributed by atoms with van der Waals surface area (Å²) in [5, 5.41) is 11.7. The molecular weight excluding hydrogens is 482 g/mol. The molecule has 1 saturated carbocycles. The average Bonchev–Trinajstić information content (AvgIpc) is 3.55. The predicted octanol–water partition coefficient (Wildman–Crippen LogP) is 6.37. The number of aliphatic hydroxyl groups is 1. The Morgan fingerprint density at radius 3 is 2.57 bits per heavy atom. The van der Waals surface area contributed by atoms with Crippen LogP contribution in [0.2, 0.25) is 23.2 Å². The van der Waals surface area contributed by atoms with Gasteiger partial charge in [-0.05, 0) is 55.6 Å². The standard InChI is InChI=1S/C26H36ClN3O4Si/c1-26(2,3)35(6,7)33-11-10-30(4)25(31)17-12-20(32-5)23(29-14-17)21-13-19-24(34-21)22(27)18(15-28-19)16-8-9-16/h12-16,25,31H,8-11H2,1-7H3. The summed E-state index contributed by atoms with van der Waals surface area (Å²) in [7, 11) is 1.61. The van der Waals surface area contributed by atoms with Crippen LogP contribution in [0.25, 0.3) is 22.6 Å². The fourth-order valence-corrected chi connectivity index (χ4v) is 5.11. The first-order valence-electron chi connectivity index (χ1n) is 12.1. The summed E-state index contributed by atoms with van der Waals surface area (Å²) in [6.45, 7) is 12.3. The maximum atomic E-state index is 10.9. The third kappa shape index (κ3) is 5.41. The van der Waals surface area contributed by atoms with Crippen molar-refractivity contribution in [3.63, 3.8) is 0 Å². The molecule has 3 aromatic rings. The Bertz CT molecular complexity index is 1200. The van der Waals surface area contributed by atoms with E-state index in [0.717, 1.165) is 18.4 Å². The monoisotopic (exact) mass is 517 g/mol. The lowest BCUT2D eigenvalue weighted by molar-refractivity contribution is 0.0118. The van der Waals surface area contributed by atoms with Gasteiger partial charge < -0.3 is 18.7 Å². The van der Waals surface area contributed by atoms with Gasteiger partial charge in [0.1, 0.15) is 23.2 Å². The highest BCUT2D eigenvalue weighted by Crippen LogP contribution is 2.46. The van der Waals surface area contributed by atoms with E-state index in [1.165, 1.54) is 0 Å². The van der Waals surface area contributed by atoms with Crippen molar-refractivity contribution in [1.82, 2.24) is 14.9 Å². The van der Waals surface area contributed by atoms with Gasteiger partial charge in [0.2, 0.25) is 0 Å². The van der Waals surface area contributed by atoms with Crippen LogP contribution in [0.15, 0.2) is 28.9 Å².